The van der Waals surface area contributed by atoms with E-state index in [4.69, 9.17) is 15.0 Å². The van der Waals surface area contributed by atoms with E-state index < -0.39 is 0 Å². The molecule has 0 radical (unpaired) electrons. The summed E-state index contributed by atoms with van der Waals surface area (Å²) in [6.45, 7) is 5.32. The molecule has 0 saturated carbocycles. The molecule has 9 heteroatoms. The van der Waals surface area contributed by atoms with Crippen molar-refractivity contribution in [1.29, 1.82) is 0 Å². The predicted molar refractivity (Wildman–Crippen MR) is 89.1 cm³/mol. The van der Waals surface area contributed by atoms with Gasteiger partial charge in [-0.3, -0.25) is 9.59 Å². The Morgan fingerprint density at radius 3 is 2.80 bits per heavy atom. The molecule has 2 N–H and O–H groups in total. The molecule has 0 spiro atoms. The summed E-state index contributed by atoms with van der Waals surface area (Å²) in [7, 11) is 1.55. The number of carbonyl (C=O) groups excluding carboxylic acids is 2. The Labute approximate surface area is 147 Å². The molecular weight excluding hydrogens is 326 g/mol. The first-order valence-electron chi connectivity index (χ1n) is 8.54. The van der Waals surface area contributed by atoms with E-state index in [0.29, 0.717) is 37.8 Å². The fourth-order valence-electron chi connectivity index (χ4n) is 2.99. The van der Waals surface area contributed by atoms with Crippen LogP contribution in [-0.2, 0) is 27.5 Å². The lowest BCUT2D eigenvalue weighted by atomic mass is 10.0. The van der Waals surface area contributed by atoms with Gasteiger partial charge in [0.05, 0.1) is 12.5 Å². The number of methoxy groups -OCH3 is 1. The van der Waals surface area contributed by atoms with Gasteiger partial charge >= 0.3 is 0 Å². The van der Waals surface area contributed by atoms with Crippen LogP contribution in [0.1, 0.15) is 38.4 Å². The van der Waals surface area contributed by atoms with E-state index in [1.807, 2.05) is 6.92 Å². The number of amides is 2. The molecule has 2 atom stereocenters. The number of nitrogens with zero attached hydrogens (tertiary/aromatic N) is 4. The van der Waals surface area contributed by atoms with Gasteiger partial charge < -0.3 is 24.8 Å². The predicted octanol–water partition coefficient (Wildman–Crippen LogP) is 0.150. The second-order valence-electron chi connectivity index (χ2n) is 6.35. The molecule has 2 rings (SSSR count). The van der Waals surface area contributed by atoms with Crippen LogP contribution in [0.5, 0.6) is 0 Å². The van der Waals surface area contributed by atoms with Crippen LogP contribution in [0.25, 0.3) is 0 Å². The number of ether oxygens (including phenoxy) is 1. The van der Waals surface area contributed by atoms with Crippen LogP contribution in [0.15, 0.2) is 4.52 Å². The molecular formula is C16H27N5O4. The molecule has 0 bridgehead atoms. The molecule has 0 aliphatic carbocycles. The summed E-state index contributed by atoms with van der Waals surface area (Å²) < 4.78 is 10.1. The molecule has 2 heterocycles. The fraction of sp³-hybridized carbons (Fsp3) is 0.750. The van der Waals surface area contributed by atoms with E-state index in [1.54, 1.807) is 16.9 Å². The number of likely N-dealkylation sites (tertiary alicyclic amines) is 1. The average molecular weight is 353 g/mol. The molecule has 1 aromatic heterocycles. The van der Waals surface area contributed by atoms with Gasteiger partial charge in [-0.25, -0.2) is 0 Å². The minimum atomic E-state index is -0.265. The normalized spacial score (nSPS) is 21.0. The Morgan fingerprint density at radius 1 is 1.40 bits per heavy atom. The quantitative estimate of drug-likeness (QED) is 0.774. The van der Waals surface area contributed by atoms with Crippen molar-refractivity contribution in [2.24, 2.45) is 11.7 Å². The van der Waals surface area contributed by atoms with E-state index in [9.17, 15) is 9.59 Å². The zero-order valence-electron chi connectivity index (χ0n) is 15.1. The summed E-state index contributed by atoms with van der Waals surface area (Å²) in [5.41, 5.74) is 6.02. The molecule has 1 saturated heterocycles. The smallest absolute Gasteiger partial charge is 0.246 e. The Hall–Kier alpha value is -2.00. The number of carbonyl (C=O) groups is 2. The Balaban J connectivity index is 2.05. The Bertz CT molecular complexity index is 591. The summed E-state index contributed by atoms with van der Waals surface area (Å²) in [4.78, 5) is 32.2. The van der Waals surface area contributed by atoms with Gasteiger partial charge in [-0.2, -0.15) is 4.98 Å². The molecule has 140 valence electrons. The number of nitrogens with two attached hydrogens (primary N) is 1. The van der Waals surface area contributed by atoms with Crippen LogP contribution in [0.2, 0.25) is 0 Å². The zero-order valence-corrected chi connectivity index (χ0v) is 15.1. The molecule has 0 aromatic carbocycles. The summed E-state index contributed by atoms with van der Waals surface area (Å²) in [6, 6.07) is -0.0932. The van der Waals surface area contributed by atoms with Crippen molar-refractivity contribution >= 4 is 11.8 Å². The van der Waals surface area contributed by atoms with Gasteiger partial charge in [0, 0.05) is 39.7 Å². The van der Waals surface area contributed by atoms with Crippen LogP contribution in [0.3, 0.4) is 0 Å². The van der Waals surface area contributed by atoms with Crippen LogP contribution < -0.4 is 5.73 Å². The monoisotopic (exact) mass is 353 g/mol. The average Bonchev–Trinajstić information content (AvgIpc) is 2.91. The molecule has 1 fully saturated rings. The van der Waals surface area contributed by atoms with Crippen molar-refractivity contribution in [3.63, 3.8) is 0 Å². The molecule has 2 amide bonds. The Kier molecular flexibility index (Phi) is 6.89. The van der Waals surface area contributed by atoms with Gasteiger partial charge in [0.15, 0.2) is 5.82 Å². The third kappa shape index (κ3) is 5.23. The molecule has 1 aliphatic heterocycles. The van der Waals surface area contributed by atoms with Crippen LogP contribution in [-0.4, -0.2) is 64.5 Å². The number of aromatic nitrogens is 2. The fourth-order valence-corrected chi connectivity index (χ4v) is 2.99. The van der Waals surface area contributed by atoms with E-state index in [2.05, 4.69) is 10.1 Å². The summed E-state index contributed by atoms with van der Waals surface area (Å²) in [5, 5.41) is 3.81. The van der Waals surface area contributed by atoms with Gasteiger partial charge in [0.1, 0.15) is 6.61 Å². The molecule has 9 nitrogen and oxygen atoms in total. The lowest BCUT2D eigenvalue weighted by Gasteiger charge is -2.27. The number of rotatable bonds is 6. The highest BCUT2D eigenvalue weighted by molar-refractivity contribution is 5.80. The molecule has 1 aliphatic rings. The summed E-state index contributed by atoms with van der Waals surface area (Å²) >= 11 is 0. The Morgan fingerprint density at radius 2 is 2.16 bits per heavy atom. The van der Waals surface area contributed by atoms with E-state index in [-0.39, 0.29) is 36.9 Å². The second kappa shape index (κ2) is 8.91. The maximum absolute atomic E-state index is 12.9. The van der Waals surface area contributed by atoms with Crippen molar-refractivity contribution in [1.82, 2.24) is 19.9 Å². The highest BCUT2D eigenvalue weighted by Gasteiger charge is 2.31. The standard InChI is InChI=1S/C16H27N5O4/c1-4-20(9-15-18-14(10-24-3)19-25-15)16(23)12-5-6-13(17)8-21(7-12)11(2)22/h12-13H,4-10,17H2,1-3H3/t12-,13+/m1/s1. The van der Waals surface area contributed by atoms with Gasteiger partial charge in [-0.1, -0.05) is 5.16 Å². The van der Waals surface area contributed by atoms with Crippen LogP contribution in [0.4, 0.5) is 0 Å². The van der Waals surface area contributed by atoms with Crippen LogP contribution >= 0.6 is 0 Å². The zero-order chi connectivity index (χ0) is 18.4. The van der Waals surface area contributed by atoms with Gasteiger partial charge in [0.2, 0.25) is 17.7 Å². The topological polar surface area (TPSA) is 115 Å². The first kappa shape index (κ1) is 19.3. The summed E-state index contributed by atoms with van der Waals surface area (Å²) in [6.07, 6.45) is 1.38. The number of hydrogen-bond acceptors (Lipinski definition) is 7. The minimum Gasteiger partial charge on any atom is -0.377 e. The van der Waals surface area contributed by atoms with Crippen molar-refractivity contribution < 1.29 is 18.8 Å². The van der Waals surface area contributed by atoms with Crippen LogP contribution in [0, 0.1) is 5.92 Å². The maximum atomic E-state index is 12.9. The number of hydrogen-bond donors (Lipinski definition) is 1. The van der Waals surface area contributed by atoms with Crippen molar-refractivity contribution in [3.8, 4) is 0 Å². The highest BCUT2D eigenvalue weighted by atomic mass is 16.5. The third-order valence-corrected chi connectivity index (χ3v) is 4.38. The summed E-state index contributed by atoms with van der Waals surface area (Å²) in [5.74, 6) is 0.479. The lowest BCUT2D eigenvalue weighted by molar-refractivity contribution is -0.138. The van der Waals surface area contributed by atoms with E-state index in [0.717, 1.165) is 6.42 Å². The second-order valence-corrected chi connectivity index (χ2v) is 6.35. The maximum Gasteiger partial charge on any atom is 0.246 e. The first-order valence-corrected chi connectivity index (χ1v) is 8.54. The van der Waals surface area contributed by atoms with Gasteiger partial charge in [0.25, 0.3) is 0 Å². The molecule has 25 heavy (non-hydrogen) atoms. The van der Waals surface area contributed by atoms with E-state index >= 15 is 0 Å². The van der Waals surface area contributed by atoms with Gasteiger partial charge in [-0.05, 0) is 19.8 Å². The molecule has 0 unspecified atom stereocenters. The molecule has 1 aromatic rings. The van der Waals surface area contributed by atoms with Crippen molar-refractivity contribution in [2.75, 3.05) is 26.7 Å². The van der Waals surface area contributed by atoms with Crippen molar-refractivity contribution in [3.05, 3.63) is 11.7 Å². The first-order chi connectivity index (χ1) is 11.9. The largest absolute Gasteiger partial charge is 0.377 e. The van der Waals surface area contributed by atoms with Gasteiger partial charge in [-0.15, -0.1) is 0 Å². The highest BCUT2D eigenvalue weighted by Crippen LogP contribution is 2.19. The SMILES string of the molecule is CCN(Cc1nc(COC)no1)C(=O)[C@@H]1CC[C@H](N)CN(C(C)=O)C1. The minimum absolute atomic E-state index is 0.0191. The third-order valence-electron chi connectivity index (χ3n) is 4.38. The van der Waals surface area contributed by atoms with E-state index in [1.165, 1.54) is 6.92 Å². The lowest BCUT2D eigenvalue weighted by Crippen LogP contribution is -2.43. The van der Waals surface area contributed by atoms with Crippen molar-refractivity contribution in [2.45, 2.75) is 45.9 Å².